The number of sulfonamides is 1. The van der Waals surface area contributed by atoms with E-state index in [0.717, 1.165) is 16.3 Å². The van der Waals surface area contributed by atoms with Crippen molar-refractivity contribution in [3.05, 3.63) is 64.7 Å². The van der Waals surface area contributed by atoms with E-state index in [4.69, 9.17) is 11.6 Å². The van der Waals surface area contributed by atoms with Gasteiger partial charge in [0.05, 0.1) is 5.56 Å². The minimum atomic E-state index is -4.02. The molecule has 2 atom stereocenters. The van der Waals surface area contributed by atoms with Crippen molar-refractivity contribution in [1.82, 2.24) is 14.5 Å². The number of carbonyl (C=O) groups excluding carboxylic acids is 3. The summed E-state index contributed by atoms with van der Waals surface area (Å²) in [5.41, 5.74) is 0.868. The zero-order valence-electron chi connectivity index (χ0n) is 20.0. The monoisotopic (exact) mass is 519 g/mol. The maximum absolute atomic E-state index is 13.4. The molecule has 0 aromatic heterocycles. The van der Waals surface area contributed by atoms with Gasteiger partial charge in [-0.3, -0.25) is 14.4 Å². The van der Waals surface area contributed by atoms with Crippen molar-refractivity contribution < 1.29 is 22.8 Å². The molecule has 1 heterocycles. The van der Waals surface area contributed by atoms with Crippen molar-refractivity contribution in [1.29, 1.82) is 0 Å². The molecule has 35 heavy (non-hydrogen) atoms. The molecule has 2 aromatic rings. The molecule has 0 fully saturated rings. The Morgan fingerprint density at radius 2 is 1.71 bits per heavy atom. The Kier molecular flexibility index (Phi) is 8.56. The smallest absolute Gasteiger partial charge is 0.269 e. The second-order valence-corrected chi connectivity index (χ2v) is 10.8. The molecular formula is C25H30ClN3O5S. The number of amides is 3. The number of nitrogens with zero attached hydrogens (tertiary/aromatic N) is 2. The highest BCUT2D eigenvalue weighted by Gasteiger charge is 2.41. The fourth-order valence-corrected chi connectivity index (χ4v) is 5.64. The first-order valence-corrected chi connectivity index (χ1v) is 13.4. The molecule has 8 nitrogen and oxygen atoms in total. The van der Waals surface area contributed by atoms with Crippen molar-refractivity contribution in [2.45, 2.75) is 63.6 Å². The lowest BCUT2D eigenvalue weighted by molar-refractivity contribution is -0.141. The standard InChI is InChI=1S/C25H30ClN3O5S/c1-4-17(3)27-24(31)21(5-2)28(16-18-10-12-19(26)13-11-18)23(30)14-15-29-25(32)20-8-6-7-9-22(20)35(29,33)34/h6-13,17,21H,4-5,14-16H2,1-3H3,(H,27,31)/t17-,21-/m0/s1. The van der Waals surface area contributed by atoms with E-state index in [2.05, 4.69) is 5.32 Å². The summed E-state index contributed by atoms with van der Waals surface area (Å²) >= 11 is 5.99. The van der Waals surface area contributed by atoms with Crippen LogP contribution in [-0.2, 0) is 26.2 Å². The Balaban J connectivity index is 1.82. The fraction of sp³-hybridized carbons (Fsp3) is 0.400. The van der Waals surface area contributed by atoms with Crippen molar-refractivity contribution in [3.8, 4) is 0 Å². The van der Waals surface area contributed by atoms with Crippen LogP contribution in [-0.4, -0.2) is 54.0 Å². The fourth-order valence-electron chi connectivity index (χ4n) is 3.94. The Morgan fingerprint density at radius 1 is 1.06 bits per heavy atom. The summed E-state index contributed by atoms with van der Waals surface area (Å²) in [4.78, 5) is 40.5. The summed E-state index contributed by atoms with van der Waals surface area (Å²) in [5.74, 6) is -1.36. The van der Waals surface area contributed by atoms with Crippen LogP contribution in [0.2, 0.25) is 5.02 Å². The van der Waals surface area contributed by atoms with Gasteiger partial charge in [-0.15, -0.1) is 0 Å². The molecule has 0 bridgehead atoms. The number of hydrogen-bond acceptors (Lipinski definition) is 5. The van der Waals surface area contributed by atoms with Crippen LogP contribution in [0.25, 0.3) is 0 Å². The van der Waals surface area contributed by atoms with Gasteiger partial charge in [-0.05, 0) is 49.6 Å². The lowest BCUT2D eigenvalue weighted by Gasteiger charge is -2.32. The van der Waals surface area contributed by atoms with Crippen LogP contribution in [0.3, 0.4) is 0 Å². The lowest BCUT2D eigenvalue weighted by atomic mass is 10.1. The molecule has 2 aromatic carbocycles. The summed E-state index contributed by atoms with van der Waals surface area (Å²) in [7, 11) is -4.02. The highest BCUT2D eigenvalue weighted by molar-refractivity contribution is 7.90. The first-order chi connectivity index (χ1) is 16.6. The second kappa shape index (κ2) is 11.2. The van der Waals surface area contributed by atoms with Gasteiger partial charge in [0.25, 0.3) is 15.9 Å². The number of carbonyl (C=O) groups is 3. The van der Waals surface area contributed by atoms with Crippen LogP contribution in [0.15, 0.2) is 53.4 Å². The van der Waals surface area contributed by atoms with Crippen molar-refractivity contribution >= 4 is 39.3 Å². The van der Waals surface area contributed by atoms with Crippen LogP contribution >= 0.6 is 11.6 Å². The molecule has 0 spiro atoms. The van der Waals surface area contributed by atoms with Crippen LogP contribution < -0.4 is 5.32 Å². The molecule has 3 amide bonds. The topological polar surface area (TPSA) is 104 Å². The van der Waals surface area contributed by atoms with E-state index in [0.29, 0.717) is 11.4 Å². The normalized spacial score (nSPS) is 15.9. The molecule has 188 valence electrons. The van der Waals surface area contributed by atoms with Crippen LogP contribution in [0, 0.1) is 0 Å². The summed E-state index contributed by atoms with van der Waals surface area (Å²) in [6.45, 7) is 5.48. The van der Waals surface area contributed by atoms with Crippen LogP contribution in [0.1, 0.15) is 56.0 Å². The Hall–Kier alpha value is -2.91. The summed E-state index contributed by atoms with van der Waals surface area (Å²) in [6.07, 6.45) is 0.858. The summed E-state index contributed by atoms with van der Waals surface area (Å²) in [6, 6.07) is 12.1. The zero-order valence-corrected chi connectivity index (χ0v) is 21.6. The molecule has 0 saturated carbocycles. The largest absolute Gasteiger partial charge is 0.352 e. The highest BCUT2D eigenvalue weighted by Crippen LogP contribution is 2.30. The first-order valence-electron chi connectivity index (χ1n) is 11.6. The number of halogens is 1. The van der Waals surface area contributed by atoms with Gasteiger partial charge >= 0.3 is 0 Å². The summed E-state index contributed by atoms with van der Waals surface area (Å²) < 4.78 is 26.4. The molecule has 1 N–H and O–H groups in total. The maximum atomic E-state index is 13.4. The number of rotatable bonds is 10. The number of fused-ring (bicyclic) bond motifs is 1. The molecule has 1 aliphatic rings. The van der Waals surface area contributed by atoms with E-state index < -0.39 is 27.9 Å². The molecule has 0 aliphatic carbocycles. The van der Waals surface area contributed by atoms with E-state index in [1.165, 1.54) is 17.0 Å². The minimum Gasteiger partial charge on any atom is -0.352 e. The van der Waals surface area contributed by atoms with Crippen molar-refractivity contribution in [2.24, 2.45) is 0 Å². The average Bonchev–Trinajstić information content (AvgIpc) is 3.03. The highest BCUT2D eigenvalue weighted by atomic mass is 35.5. The third-order valence-electron chi connectivity index (χ3n) is 6.09. The van der Waals surface area contributed by atoms with Gasteiger partial charge in [0.15, 0.2) is 0 Å². The van der Waals surface area contributed by atoms with E-state index in [1.54, 1.807) is 36.4 Å². The van der Waals surface area contributed by atoms with Gasteiger partial charge in [-0.2, -0.15) is 0 Å². The molecule has 3 rings (SSSR count). The molecule has 0 saturated heterocycles. The number of hydrogen-bond donors (Lipinski definition) is 1. The summed E-state index contributed by atoms with van der Waals surface area (Å²) in [5, 5.41) is 3.47. The third-order valence-corrected chi connectivity index (χ3v) is 8.19. The average molecular weight is 520 g/mol. The van der Waals surface area contributed by atoms with Crippen molar-refractivity contribution in [3.63, 3.8) is 0 Å². The third kappa shape index (κ3) is 5.85. The minimum absolute atomic E-state index is 0.0603. The van der Waals surface area contributed by atoms with Gasteiger partial charge in [-0.25, -0.2) is 12.7 Å². The van der Waals surface area contributed by atoms with E-state index in [1.807, 2.05) is 20.8 Å². The van der Waals surface area contributed by atoms with Crippen LogP contribution in [0.5, 0.6) is 0 Å². The molecule has 1 aliphatic heterocycles. The van der Waals surface area contributed by atoms with Gasteiger partial charge in [0.1, 0.15) is 10.9 Å². The van der Waals surface area contributed by atoms with Gasteiger partial charge in [0.2, 0.25) is 11.8 Å². The van der Waals surface area contributed by atoms with Gasteiger partial charge in [0, 0.05) is 30.6 Å². The first kappa shape index (κ1) is 26.7. The van der Waals surface area contributed by atoms with Gasteiger partial charge < -0.3 is 10.2 Å². The Morgan fingerprint density at radius 3 is 2.31 bits per heavy atom. The van der Waals surface area contributed by atoms with E-state index >= 15 is 0 Å². The maximum Gasteiger partial charge on any atom is 0.269 e. The van der Waals surface area contributed by atoms with Crippen LogP contribution in [0.4, 0.5) is 0 Å². The molecular weight excluding hydrogens is 490 g/mol. The lowest BCUT2D eigenvalue weighted by Crippen LogP contribution is -2.51. The molecule has 0 unspecified atom stereocenters. The predicted molar refractivity (Wildman–Crippen MR) is 133 cm³/mol. The number of nitrogens with one attached hydrogen (secondary N) is 1. The van der Waals surface area contributed by atoms with E-state index in [9.17, 15) is 22.8 Å². The molecule has 0 radical (unpaired) electrons. The second-order valence-electron chi connectivity index (χ2n) is 8.52. The Labute approximate surface area is 211 Å². The quantitative estimate of drug-likeness (QED) is 0.516. The van der Waals surface area contributed by atoms with E-state index in [-0.39, 0.29) is 41.9 Å². The number of benzene rings is 2. The zero-order chi connectivity index (χ0) is 25.8. The Bertz CT molecular complexity index is 1200. The SMILES string of the molecule is CC[C@H](C)NC(=O)[C@H](CC)N(Cc1ccc(Cl)cc1)C(=O)CCN1C(=O)c2ccccc2S1(=O)=O. The predicted octanol–water partition coefficient (Wildman–Crippen LogP) is 3.60. The van der Waals surface area contributed by atoms with Crippen molar-refractivity contribution in [2.75, 3.05) is 6.54 Å². The van der Waals surface area contributed by atoms with Gasteiger partial charge in [-0.1, -0.05) is 49.7 Å². The molecule has 10 heteroatoms.